The third-order valence-corrected chi connectivity index (χ3v) is 7.10. The molecular formula is C27H38N4O4. The van der Waals surface area contributed by atoms with Crippen molar-refractivity contribution in [3.05, 3.63) is 58.4 Å². The average Bonchev–Trinajstić information content (AvgIpc) is 2.87. The first-order valence-corrected chi connectivity index (χ1v) is 11.9. The fourth-order valence-corrected chi connectivity index (χ4v) is 4.04. The first kappa shape index (κ1) is 26.9. The SMILES string of the molecule is CC(C)(C)N([O])c1cc(-c2ccc(C3=[N+]([O-])C(C)(C)C(C)(C)[NH+]3[O-])cc2)cc(N([O])C(C)(C)C)c1. The first-order chi connectivity index (χ1) is 15.8. The van der Waals surface area contributed by atoms with Crippen molar-refractivity contribution in [1.29, 1.82) is 0 Å². The zero-order chi connectivity index (χ0) is 26.7. The lowest BCUT2D eigenvalue weighted by molar-refractivity contribution is -0.805. The van der Waals surface area contributed by atoms with E-state index in [1.807, 2.05) is 53.7 Å². The topological polar surface area (TPSA) is 99.8 Å². The standard InChI is InChI=1S/C27H38N4O4/c1-24(2,3)28(32)21-15-20(16-22(17-21)29(33)25(4,5)6)18-11-13-19(14-12-18)23-30(34)26(7,8)27(9,10)31(23)35/h11-17,30H,1-10H3. The van der Waals surface area contributed by atoms with E-state index in [1.54, 1.807) is 58.0 Å². The summed E-state index contributed by atoms with van der Waals surface area (Å²) in [5.74, 6) is 0.151. The molecule has 190 valence electrons. The molecule has 0 bridgehead atoms. The lowest BCUT2D eigenvalue weighted by atomic mass is 9.84. The van der Waals surface area contributed by atoms with Crippen LogP contribution in [-0.2, 0) is 10.4 Å². The minimum atomic E-state index is -0.865. The van der Waals surface area contributed by atoms with Crippen LogP contribution in [0.4, 0.5) is 11.4 Å². The molecule has 35 heavy (non-hydrogen) atoms. The van der Waals surface area contributed by atoms with Crippen LogP contribution in [0, 0.1) is 10.4 Å². The fourth-order valence-electron chi connectivity index (χ4n) is 4.04. The number of quaternary nitrogens is 1. The van der Waals surface area contributed by atoms with Gasteiger partial charge < -0.3 is 10.4 Å². The number of hydroxylamine groups is 5. The molecule has 0 saturated heterocycles. The van der Waals surface area contributed by atoms with Gasteiger partial charge in [-0.25, -0.2) is 10.1 Å². The Labute approximate surface area is 208 Å². The van der Waals surface area contributed by atoms with Gasteiger partial charge >= 0.3 is 5.84 Å². The highest BCUT2D eigenvalue weighted by Gasteiger charge is 2.60. The molecule has 0 spiro atoms. The van der Waals surface area contributed by atoms with Crippen LogP contribution >= 0.6 is 0 Å². The molecule has 0 fully saturated rings. The van der Waals surface area contributed by atoms with Crippen molar-refractivity contribution in [2.45, 2.75) is 91.4 Å². The van der Waals surface area contributed by atoms with Gasteiger partial charge in [0.25, 0.3) is 0 Å². The third-order valence-electron chi connectivity index (χ3n) is 7.10. The molecule has 1 aliphatic heterocycles. The van der Waals surface area contributed by atoms with Gasteiger partial charge in [0.15, 0.2) is 5.54 Å². The van der Waals surface area contributed by atoms with Crippen LogP contribution in [0.5, 0.6) is 0 Å². The molecule has 3 rings (SSSR count). The molecular weight excluding hydrogens is 444 g/mol. The van der Waals surface area contributed by atoms with E-state index in [0.717, 1.165) is 20.4 Å². The van der Waals surface area contributed by atoms with Gasteiger partial charge in [0.05, 0.1) is 22.5 Å². The Balaban J connectivity index is 2.10. The van der Waals surface area contributed by atoms with E-state index >= 15 is 0 Å². The Kier molecular flexibility index (Phi) is 6.53. The maximum absolute atomic E-state index is 13.1. The highest BCUT2D eigenvalue weighted by atomic mass is 16.5. The van der Waals surface area contributed by atoms with Crippen LogP contribution < -0.4 is 15.2 Å². The maximum atomic E-state index is 13.1. The molecule has 2 aromatic carbocycles. The second-order valence-corrected chi connectivity index (χ2v) is 12.4. The van der Waals surface area contributed by atoms with Crippen molar-refractivity contribution in [2.24, 2.45) is 0 Å². The number of rotatable bonds is 4. The number of hydrogen-bond donors (Lipinski definition) is 1. The van der Waals surface area contributed by atoms with E-state index in [2.05, 4.69) is 0 Å². The minimum Gasteiger partial charge on any atom is -0.624 e. The summed E-state index contributed by atoms with van der Waals surface area (Å²) >= 11 is 0. The highest BCUT2D eigenvalue weighted by molar-refractivity contribution is 5.90. The Morgan fingerprint density at radius 2 is 1.14 bits per heavy atom. The lowest BCUT2D eigenvalue weighted by Crippen LogP contribution is -3.17. The van der Waals surface area contributed by atoms with Crippen molar-refractivity contribution < 1.29 is 20.2 Å². The minimum absolute atomic E-state index is 0.151. The Morgan fingerprint density at radius 1 is 0.743 bits per heavy atom. The summed E-state index contributed by atoms with van der Waals surface area (Å²) in [5.41, 5.74) is -0.286. The number of anilines is 2. The molecule has 2 aromatic rings. The molecule has 1 atom stereocenters. The molecule has 0 saturated carbocycles. The van der Waals surface area contributed by atoms with Crippen molar-refractivity contribution >= 4 is 17.2 Å². The van der Waals surface area contributed by atoms with Crippen LogP contribution in [0.15, 0.2) is 42.5 Å². The van der Waals surface area contributed by atoms with Gasteiger partial charge in [0, 0.05) is 13.8 Å². The predicted octanol–water partition coefficient (Wildman–Crippen LogP) is 4.46. The van der Waals surface area contributed by atoms with Crippen LogP contribution in [0.1, 0.15) is 74.8 Å². The van der Waals surface area contributed by atoms with Gasteiger partial charge in [-0.15, -0.1) is 4.74 Å². The average molecular weight is 483 g/mol. The van der Waals surface area contributed by atoms with E-state index in [0.29, 0.717) is 22.5 Å². The van der Waals surface area contributed by atoms with Crippen LogP contribution in [0.3, 0.4) is 0 Å². The summed E-state index contributed by atoms with van der Waals surface area (Å²) in [6, 6.07) is 12.2. The first-order valence-electron chi connectivity index (χ1n) is 11.9. The van der Waals surface area contributed by atoms with E-state index in [4.69, 9.17) is 0 Å². The third kappa shape index (κ3) is 4.63. The van der Waals surface area contributed by atoms with E-state index in [-0.39, 0.29) is 10.9 Å². The summed E-state index contributed by atoms with van der Waals surface area (Å²) < 4.78 is 0.820. The molecule has 1 aliphatic rings. The van der Waals surface area contributed by atoms with Crippen LogP contribution in [0.2, 0.25) is 0 Å². The molecule has 8 nitrogen and oxygen atoms in total. The zero-order valence-corrected chi connectivity index (χ0v) is 22.5. The normalized spacial score (nSPS) is 19.7. The Bertz CT molecular complexity index is 1090. The van der Waals surface area contributed by atoms with Gasteiger partial charge in [0.2, 0.25) is 5.54 Å². The second-order valence-electron chi connectivity index (χ2n) is 12.4. The molecule has 0 aliphatic carbocycles. The Hall–Kier alpha value is -2.65. The van der Waals surface area contributed by atoms with Crippen LogP contribution in [-0.4, -0.2) is 32.7 Å². The number of amidine groups is 1. The van der Waals surface area contributed by atoms with Crippen molar-refractivity contribution in [3.8, 4) is 11.1 Å². The van der Waals surface area contributed by atoms with Crippen molar-refractivity contribution in [1.82, 2.24) is 0 Å². The van der Waals surface area contributed by atoms with Crippen molar-refractivity contribution in [2.75, 3.05) is 10.1 Å². The largest absolute Gasteiger partial charge is 0.624 e. The van der Waals surface area contributed by atoms with Crippen LogP contribution in [0.25, 0.3) is 11.1 Å². The summed E-state index contributed by atoms with van der Waals surface area (Å²) in [5, 5.41) is 53.7. The smallest absolute Gasteiger partial charge is 0.381 e. The summed E-state index contributed by atoms with van der Waals surface area (Å²) in [6.45, 7) is 18.0. The molecule has 8 heteroatoms. The van der Waals surface area contributed by atoms with Crippen molar-refractivity contribution in [3.63, 3.8) is 0 Å². The lowest BCUT2D eigenvalue weighted by Gasteiger charge is -2.34. The quantitative estimate of drug-likeness (QED) is 0.395. The number of benzene rings is 2. The van der Waals surface area contributed by atoms with Gasteiger partial charge in [-0.3, -0.25) is 5.06 Å². The molecule has 1 heterocycles. The Morgan fingerprint density at radius 3 is 1.49 bits per heavy atom. The maximum Gasteiger partial charge on any atom is 0.381 e. The summed E-state index contributed by atoms with van der Waals surface area (Å²) in [7, 11) is 0. The summed E-state index contributed by atoms with van der Waals surface area (Å²) in [4.78, 5) is 0. The molecule has 2 radical (unpaired) electrons. The molecule has 0 amide bonds. The van der Waals surface area contributed by atoms with E-state index < -0.39 is 22.2 Å². The number of nitrogens with zero attached hydrogens (tertiary/aromatic N) is 3. The monoisotopic (exact) mass is 482 g/mol. The molecule has 0 aromatic heterocycles. The fraction of sp³-hybridized carbons (Fsp3) is 0.519. The summed E-state index contributed by atoms with van der Waals surface area (Å²) in [6.07, 6.45) is 0. The zero-order valence-electron chi connectivity index (χ0n) is 22.5. The number of hydrogen-bond acceptors (Lipinski definition) is 4. The van der Waals surface area contributed by atoms with E-state index in [9.17, 15) is 20.8 Å². The predicted molar refractivity (Wildman–Crippen MR) is 138 cm³/mol. The van der Waals surface area contributed by atoms with Gasteiger partial charge in [-0.1, -0.05) is 22.5 Å². The van der Waals surface area contributed by atoms with Gasteiger partial charge in [-0.2, -0.15) is 0 Å². The molecule has 1 unspecified atom stereocenters. The van der Waals surface area contributed by atoms with Gasteiger partial charge in [0.1, 0.15) is 5.56 Å². The van der Waals surface area contributed by atoms with Gasteiger partial charge in [-0.05, 0) is 96.8 Å². The molecule has 1 N–H and O–H groups in total. The second kappa shape index (κ2) is 8.48. The van der Waals surface area contributed by atoms with E-state index in [1.165, 1.54) is 0 Å². The number of nitrogens with one attached hydrogen (secondary N) is 1. The highest BCUT2D eigenvalue weighted by Crippen LogP contribution is 2.35.